The Morgan fingerprint density at radius 1 is 0.667 bits per heavy atom. The van der Waals surface area contributed by atoms with Crippen molar-refractivity contribution in [3.05, 3.63) is 95.6 Å². The minimum absolute atomic E-state index is 0.145. The Hall–Kier alpha value is -1.74. The van der Waals surface area contributed by atoms with Gasteiger partial charge in [-0.2, -0.15) is 0 Å². The van der Waals surface area contributed by atoms with Crippen LogP contribution in [0.3, 0.4) is 0 Å². The van der Waals surface area contributed by atoms with Crippen molar-refractivity contribution in [2.75, 3.05) is 0 Å². The first-order valence-corrected chi connectivity index (χ1v) is 15.8. The first kappa shape index (κ1) is 25.9. The Labute approximate surface area is 209 Å². The van der Waals surface area contributed by atoms with Crippen molar-refractivity contribution in [3.63, 3.8) is 0 Å². The van der Waals surface area contributed by atoms with Crippen LogP contribution in [0.25, 0.3) is 0 Å². The SMILES string of the molecule is CC(C)Cc1ccccc1OP(=S)(Oc1ccccc1CC(C)C)SC(C)c1ccccc1. The number of hydrogen-bond donors (Lipinski definition) is 0. The molecular formula is C28H35O2PS2. The third-order valence-corrected chi connectivity index (χ3v) is 10.3. The maximum Gasteiger partial charge on any atom is 0.349 e. The molecule has 2 nitrogen and oxygen atoms in total. The summed E-state index contributed by atoms with van der Waals surface area (Å²) in [6.45, 7) is 11.1. The zero-order valence-corrected chi connectivity index (χ0v) is 22.8. The summed E-state index contributed by atoms with van der Waals surface area (Å²) in [5.74, 6) is 2.72. The van der Waals surface area contributed by atoms with E-state index in [2.05, 4.69) is 83.1 Å². The maximum absolute atomic E-state index is 6.66. The third kappa shape index (κ3) is 7.91. The lowest BCUT2D eigenvalue weighted by molar-refractivity contribution is 0.491. The van der Waals surface area contributed by atoms with Gasteiger partial charge in [0.2, 0.25) is 0 Å². The van der Waals surface area contributed by atoms with E-state index in [1.165, 1.54) is 16.7 Å². The molecule has 1 unspecified atom stereocenters. The summed E-state index contributed by atoms with van der Waals surface area (Å²) in [5.41, 5.74) is 0.792. The van der Waals surface area contributed by atoms with Gasteiger partial charge in [-0.05, 0) is 83.6 Å². The Morgan fingerprint density at radius 3 is 1.55 bits per heavy atom. The zero-order valence-electron chi connectivity index (χ0n) is 20.2. The molecule has 0 amide bonds. The number of rotatable bonds is 11. The molecule has 0 aromatic heterocycles. The maximum atomic E-state index is 6.66. The second kappa shape index (κ2) is 12.1. The fourth-order valence-electron chi connectivity index (χ4n) is 3.68. The molecule has 3 aromatic rings. The molecule has 0 fully saturated rings. The van der Waals surface area contributed by atoms with Gasteiger partial charge in [-0.15, -0.1) is 0 Å². The Morgan fingerprint density at radius 2 is 1.09 bits per heavy atom. The van der Waals surface area contributed by atoms with Gasteiger partial charge in [-0.25, -0.2) is 0 Å². The van der Waals surface area contributed by atoms with Gasteiger partial charge in [0, 0.05) is 5.25 Å². The molecule has 0 N–H and O–H groups in total. The Balaban J connectivity index is 1.96. The van der Waals surface area contributed by atoms with Crippen molar-refractivity contribution in [2.24, 2.45) is 11.8 Å². The summed E-state index contributed by atoms with van der Waals surface area (Å²) >= 11 is 7.84. The highest BCUT2D eigenvalue weighted by Gasteiger charge is 2.29. The second-order valence-electron chi connectivity index (χ2n) is 9.20. The highest BCUT2D eigenvalue weighted by atomic mass is 32.9. The Kier molecular flexibility index (Phi) is 9.49. The number of benzene rings is 3. The molecule has 0 radical (unpaired) electrons. The number of para-hydroxylation sites is 2. The van der Waals surface area contributed by atoms with Gasteiger partial charge in [0.05, 0.1) is 0 Å². The molecule has 0 aliphatic rings. The highest BCUT2D eigenvalue weighted by Crippen LogP contribution is 2.65. The van der Waals surface area contributed by atoms with E-state index >= 15 is 0 Å². The summed E-state index contributed by atoms with van der Waals surface area (Å²) in [6.07, 6.45) is 1.88. The summed E-state index contributed by atoms with van der Waals surface area (Å²) in [5, 5.41) is 0.145. The van der Waals surface area contributed by atoms with Crippen molar-refractivity contribution in [1.82, 2.24) is 0 Å². The predicted octanol–water partition coefficient (Wildman–Crippen LogP) is 9.26. The minimum Gasteiger partial charge on any atom is -0.428 e. The van der Waals surface area contributed by atoms with E-state index in [1.54, 1.807) is 11.4 Å². The minimum atomic E-state index is -2.78. The molecule has 0 aliphatic carbocycles. The van der Waals surface area contributed by atoms with Crippen LogP contribution >= 0.6 is 17.1 Å². The van der Waals surface area contributed by atoms with Crippen LogP contribution in [0.15, 0.2) is 78.9 Å². The molecule has 0 spiro atoms. The van der Waals surface area contributed by atoms with Crippen LogP contribution in [-0.2, 0) is 24.6 Å². The van der Waals surface area contributed by atoms with Crippen molar-refractivity contribution in [3.8, 4) is 11.5 Å². The highest BCUT2D eigenvalue weighted by molar-refractivity contribution is 8.68. The van der Waals surface area contributed by atoms with Gasteiger partial charge >= 0.3 is 5.69 Å². The number of hydrogen-bond acceptors (Lipinski definition) is 4. The van der Waals surface area contributed by atoms with E-state index in [4.69, 9.17) is 20.9 Å². The molecule has 176 valence electrons. The topological polar surface area (TPSA) is 18.5 Å². The molecule has 1 atom stereocenters. The molecule has 33 heavy (non-hydrogen) atoms. The van der Waals surface area contributed by atoms with E-state index < -0.39 is 5.69 Å². The van der Waals surface area contributed by atoms with Crippen LogP contribution in [0, 0.1) is 11.8 Å². The van der Waals surface area contributed by atoms with E-state index in [1.807, 2.05) is 30.3 Å². The molecule has 0 saturated heterocycles. The molecule has 3 rings (SSSR count). The van der Waals surface area contributed by atoms with Crippen molar-refractivity contribution < 1.29 is 9.05 Å². The van der Waals surface area contributed by atoms with Crippen molar-refractivity contribution in [1.29, 1.82) is 0 Å². The normalized spacial score (nSPS) is 12.7. The summed E-state index contributed by atoms with van der Waals surface area (Å²) < 4.78 is 13.3. The largest absolute Gasteiger partial charge is 0.428 e. The lowest BCUT2D eigenvalue weighted by atomic mass is 10.0. The van der Waals surface area contributed by atoms with Crippen LogP contribution in [0.1, 0.15) is 56.6 Å². The smallest absolute Gasteiger partial charge is 0.349 e. The van der Waals surface area contributed by atoms with Crippen LogP contribution < -0.4 is 9.05 Å². The summed E-state index contributed by atoms with van der Waals surface area (Å²) in [4.78, 5) is 0. The van der Waals surface area contributed by atoms with Crippen molar-refractivity contribution in [2.45, 2.75) is 52.7 Å². The van der Waals surface area contributed by atoms with E-state index in [0.29, 0.717) is 11.8 Å². The van der Waals surface area contributed by atoms with Gasteiger partial charge in [0.25, 0.3) is 0 Å². The van der Waals surface area contributed by atoms with Gasteiger partial charge in [-0.3, -0.25) is 0 Å². The molecular weight excluding hydrogens is 463 g/mol. The third-order valence-electron chi connectivity index (χ3n) is 5.18. The van der Waals surface area contributed by atoms with Crippen molar-refractivity contribution >= 4 is 28.9 Å². The Bertz CT molecular complexity index is 1010. The zero-order chi connectivity index (χ0) is 23.8. The summed E-state index contributed by atoms with van der Waals surface area (Å²) in [7, 11) is 0. The molecule has 3 aromatic carbocycles. The van der Waals surface area contributed by atoms with Gasteiger partial charge < -0.3 is 9.05 Å². The average molecular weight is 499 g/mol. The van der Waals surface area contributed by atoms with Crippen LogP contribution in [0.5, 0.6) is 11.5 Å². The molecule has 0 aliphatic heterocycles. The summed E-state index contributed by atoms with van der Waals surface area (Å²) in [6, 6.07) is 26.9. The quantitative estimate of drug-likeness (QED) is 0.245. The van der Waals surface area contributed by atoms with E-state index in [-0.39, 0.29) is 5.25 Å². The fraction of sp³-hybridized carbons (Fsp3) is 0.357. The lowest BCUT2D eigenvalue weighted by Crippen LogP contribution is -2.05. The molecule has 0 bridgehead atoms. The first-order chi connectivity index (χ1) is 15.8. The second-order valence-corrected chi connectivity index (χ2v) is 15.6. The standard InChI is InChI=1S/C28H35O2PS2/c1-21(2)19-25-15-9-11-17-27(25)29-31(32,33-23(5)24-13-7-6-8-14-24)30-28-18-12-10-16-26(28)20-22(3)4/h6-18,21-23H,19-20H2,1-5H3. The van der Waals surface area contributed by atoms with Gasteiger partial charge in [0.15, 0.2) is 0 Å². The molecule has 0 saturated carbocycles. The van der Waals surface area contributed by atoms with E-state index in [0.717, 1.165) is 24.3 Å². The lowest BCUT2D eigenvalue weighted by Gasteiger charge is -2.28. The fourth-order valence-corrected chi connectivity index (χ4v) is 9.22. The van der Waals surface area contributed by atoms with Crippen LogP contribution in [0.4, 0.5) is 0 Å². The molecule has 0 heterocycles. The first-order valence-electron chi connectivity index (χ1n) is 11.6. The molecule has 5 heteroatoms. The average Bonchev–Trinajstić information content (AvgIpc) is 2.76. The van der Waals surface area contributed by atoms with E-state index in [9.17, 15) is 0 Å². The van der Waals surface area contributed by atoms with Crippen LogP contribution in [-0.4, -0.2) is 0 Å². The van der Waals surface area contributed by atoms with Gasteiger partial charge in [0.1, 0.15) is 11.5 Å². The monoisotopic (exact) mass is 498 g/mol. The van der Waals surface area contributed by atoms with Crippen LogP contribution in [0.2, 0.25) is 0 Å². The predicted molar refractivity (Wildman–Crippen MR) is 148 cm³/mol. The van der Waals surface area contributed by atoms with Gasteiger partial charge in [-0.1, -0.05) is 94.4 Å².